The molecule has 0 saturated heterocycles. The van der Waals surface area contributed by atoms with Crippen LogP contribution in [0.3, 0.4) is 0 Å². The number of anilines is 1. The number of carboxylic acids is 1. The Balaban J connectivity index is 1.97. The van der Waals surface area contributed by atoms with Crippen LogP contribution in [0.5, 0.6) is 0 Å². The van der Waals surface area contributed by atoms with Crippen LogP contribution in [0.2, 0.25) is 0 Å². The summed E-state index contributed by atoms with van der Waals surface area (Å²) in [6, 6.07) is 13.0. The third-order valence-corrected chi connectivity index (χ3v) is 3.50. The number of fused-ring (bicyclic) bond motifs is 1. The van der Waals surface area contributed by atoms with Gasteiger partial charge in [-0.1, -0.05) is 48.2 Å². The lowest BCUT2D eigenvalue weighted by atomic mass is 10.0. The molecule has 3 N–H and O–H groups in total. The number of allylic oxidation sites excluding steroid dienone is 2. The number of nitrogen functional groups attached to an aromatic ring is 1. The molecule has 0 atom stereocenters. The number of hydrogen-bond acceptors (Lipinski definition) is 2. The van der Waals surface area contributed by atoms with E-state index in [1.807, 2.05) is 18.2 Å². The van der Waals surface area contributed by atoms with E-state index in [0.717, 1.165) is 17.6 Å². The van der Waals surface area contributed by atoms with Crippen LogP contribution in [-0.4, -0.2) is 11.1 Å². The van der Waals surface area contributed by atoms with Crippen molar-refractivity contribution in [1.29, 1.82) is 0 Å². The molecule has 0 amide bonds. The zero-order valence-electron chi connectivity index (χ0n) is 11.3. The fraction of sp³-hybridized carbons (Fsp3) is 0.0556. The average molecular weight is 275 g/mol. The molecule has 102 valence electrons. The number of rotatable bonds is 1. The van der Waals surface area contributed by atoms with E-state index < -0.39 is 5.97 Å². The highest BCUT2D eigenvalue weighted by molar-refractivity contribution is 5.95. The molecular weight excluding hydrogens is 262 g/mol. The van der Waals surface area contributed by atoms with Crippen molar-refractivity contribution < 1.29 is 9.90 Å². The van der Waals surface area contributed by atoms with Gasteiger partial charge < -0.3 is 10.8 Å². The summed E-state index contributed by atoms with van der Waals surface area (Å²) >= 11 is 0. The lowest BCUT2D eigenvalue weighted by molar-refractivity contribution is 0.0698. The normalized spacial score (nSPS) is 12.1. The Hall–Kier alpha value is -2.99. The Morgan fingerprint density at radius 3 is 2.71 bits per heavy atom. The van der Waals surface area contributed by atoms with Gasteiger partial charge in [0.15, 0.2) is 0 Å². The quantitative estimate of drug-likeness (QED) is 0.621. The summed E-state index contributed by atoms with van der Waals surface area (Å²) in [5, 5.41) is 9.06. The van der Waals surface area contributed by atoms with Crippen LogP contribution in [0.4, 0.5) is 5.69 Å². The third kappa shape index (κ3) is 2.39. The van der Waals surface area contributed by atoms with Crippen molar-refractivity contribution in [3.8, 4) is 11.8 Å². The van der Waals surface area contributed by atoms with Crippen LogP contribution in [0.1, 0.15) is 27.0 Å². The van der Waals surface area contributed by atoms with Crippen LogP contribution in [0.15, 0.2) is 48.5 Å². The summed E-state index contributed by atoms with van der Waals surface area (Å²) in [6.45, 7) is 0. The number of hydrogen-bond donors (Lipinski definition) is 2. The summed E-state index contributed by atoms with van der Waals surface area (Å²) in [4.78, 5) is 11.1. The third-order valence-electron chi connectivity index (χ3n) is 3.50. The molecule has 0 aromatic heterocycles. The summed E-state index contributed by atoms with van der Waals surface area (Å²) < 4.78 is 0. The first kappa shape index (κ1) is 13.0. The largest absolute Gasteiger partial charge is 0.478 e. The van der Waals surface area contributed by atoms with Crippen LogP contribution >= 0.6 is 0 Å². The minimum Gasteiger partial charge on any atom is -0.478 e. The van der Waals surface area contributed by atoms with Gasteiger partial charge in [-0.05, 0) is 29.7 Å². The lowest BCUT2D eigenvalue weighted by Crippen LogP contribution is -2.03. The predicted octanol–water partition coefficient (Wildman–Crippen LogP) is 2.96. The van der Waals surface area contributed by atoms with Gasteiger partial charge in [0.25, 0.3) is 0 Å². The van der Waals surface area contributed by atoms with E-state index in [2.05, 4.69) is 24.0 Å². The second-order valence-corrected chi connectivity index (χ2v) is 4.80. The van der Waals surface area contributed by atoms with Crippen molar-refractivity contribution in [3.05, 3.63) is 70.8 Å². The second-order valence-electron chi connectivity index (χ2n) is 4.80. The van der Waals surface area contributed by atoms with Gasteiger partial charge in [0, 0.05) is 11.1 Å². The summed E-state index contributed by atoms with van der Waals surface area (Å²) in [5.74, 6) is 5.04. The minimum atomic E-state index is -1.04. The van der Waals surface area contributed by atoms with Gasteiger partial charge >= 0.3 is 5.97 Å². The molecule has 0 fully saturated rings. The Labute approximate surface area is 122 Å². The predicted molar refractivity (Wildman–Crippen MR) is 82.8 cm³/mol. The minimum absolute atomic E-state index is 0.0857. The van der Waals surface area contributed by atoms with Crippen molar-refractivity contribution in [2.24, 2.45) is 0 Å². The van der Waals surface area contributed by atoms with Gasteiger partial charge in [-0.3, -0.25) is 0 Å². The molecule has 0 saturated carbocycles. The van der Waals surface area contributed by atoms with Crippen molar-refractivity contribution in [3.63, 3.8) is 0 Å². The second kappa shape index (κ2) is 5.18. The Morgan fingerprint density at radius 1 is 1.10 bits per heavy atom. The van der Waals surface area contributed by atoms with Gasteiger partial charge in [-0.25, -0.2) is 4.79 Å². The standard InChI is InChI=1S/C18H13NO2/c19-17-14(5-3-7-16(17)18(20)21)11-10-13-9-8-12-4-1-2-6-15(12)13/h1-7,9H,8,19H2,(H,20,21). The Morgan fingerprint density at radius 2 is 1.90 bits per heavy atom. The summed E-state index contributed by atoms with van der Waals surface area (Å²) in [7, 11) is 0. The van der Waals surface area contributed by atoms with Gasteiger partial charge in [-0.15, -0.1) is 0 Å². The number of benzene rings is 2. The molecule has 2 aromatic rings. The highest BCUT2D eigenvalue weighted by atomic mass is 16.4. The zero-order chi connectivity index (χ0) is 14.8. The molecule has 0 aliphatic heterocycles. The molecule has 0 bridgehead atoms. The SMILES string of the molecule is Nc1c(C#CC2=CCc3ccccc32)cccc1C(=O)O. The molecule has 2 aromatic carbocycles. The first-order valence-electron chi connectivity index (χ1n) is 6.59. The van der Waals surface area contributed by atoms with E-state index >= 15 is 0 Å². The Bertz CT molecular complexity index is 823. The average Bonchev–Trinajstić information content (AvgIpc) is 2.89. The number of carbonyl (C=O) groups is 1. The van der Waals surface area contributed by atoms with Gasteiger partial charge in [-0.2, -0.15) is 0 Å². The lowest BCUT2D eigenvalue weighted by Gasteiger charge is -2.02. The van der Waals surface area contributed by atoms with E-state index in [9.17, 15) is 4.79 Å². The number of aromatic carboxylic acids is 1. The molecule has 0 heterocycles. The van der Waals surface area contributed by atoms with Crippen LogP contribution < -0.4 is 5.73 Å². The topological polar surface area (TPSA) is 63.3 Å². The molecule has 0 radical (unpaired) electrons. The van der Waals surface area contributed by atoms with Gasteiger partial charge in [0.05, 0.1) is 11.3 Å². The highest BCUT2D eigenvalue weighted by Crippen LogP contribution is 2.26. The molecule has 1 aliphatic rings. The Kier molecular flexibility index (Phi) is 3.21. The van der Waals surface area contributed by atoms with Gasteiger partial charge in [0.1, 0.15) is 0 Å². The van der Waals surface area contributed by atoms with E-state index in [1.54, 1.807) is 12.1 Å². The fourth-order valence-electron chi connectivity index (χ4n) is 2.40. The molecule has 3 nitrogen and oxygen atoms in total. The van der Waals surface area contributed by atoms with Crippen molar-refractivity contribution in [2.75, 3.05) is 5.73 Å². The van der Waals surface area contributed by atoms with E-state index in [0.29, 0.717) is 5.56 Å². The van der Waals surface area contributed by atoms with Gasteiger partial charge in [0.2, 0.25) is 0 Å². The first-order valence-corrected chi connectivity index (χ1v) is 6.59. The van der Waals surface area contributed by atoms with Crippen molar-refractivity contribution in [1.82, 2.24) is 0 Å². The molecular formula is C18H13NO2. The monoisotopic (exact) mass is 275 g/mol. The van der Waals surface area contributed by atoms with E-state index in [-0.39, 0.29) is 11.3 Å². The molecule has 0 unspecified atom stereocenters. The summed E-state index contributed by atoms with van der Waals surface area (Å²) in [6.07, 6.45) is 2.96. The number of carboxylic acid groups (broad SMARTS) is 1. The molecule has 21 heavy (non-hydrogen) atoms. The van der Waals surface area contributed by atoms with Crippen LogP contribution in [0.25, 0.3) is 5.57 Å². The maximum Gasteiger partial charge on any atom is 0.337 e. The van der Waals surface area contributed by atoms with Crippen molar-refractivity contribution >= 4 is 17.2 Å². The smallest absolute Gasteiger partial charge is 0.337 e. The zero-order valence-corrected chi connectivity index (χ0v) is 11.3. The van der Waals surface area contributed by atoms with Crippen LogP contribution in [-0.2, 0) is 6.42 Å². The first-order chi connectivity index (χ1) is 10.2. The maximum atomic E-state index is 11.1. The molecule has 0 spiro atoms. The fourth-order valence-corrected chi connectivity index (χ4v) is 2.40. The summed E-state index contributed by atoms with van der Waals surface area (Å²) in [5.41, 5.74) is 10.1. The molecule has 3 heteroatoms. The van der Waals surface area contributed by atoms with E-state index in [4.69, 9.17) is 10.8 Å². The number of nitrogens with two attached hydrogens (primary N) is 1. The van der Waals surface area contributed by atoms with Crippen LogP contribution in [0, 0.1) is 11.8 Å². The molecule has 1 aliphatic carbocycles. The molecule has 3 rings (SSSR count). The van der Waals surface area contributed by atoms with Crippen molar-refractivity contribution in [2.45, 2.75) is 6.42 Å². The maximum absolute atomic E-state index is 11.1. The highest BCUT2D eigenvalue weighted by Gasteiger charge is 2.12. The van der Waals surface area contributed by atoms with E-state index in [1.165, 1.54) is 11.6 Å². The number of para-hydroxylation sites is 1.